The maximum absolute atomic E-state index is 14.1. The van der Waals surface area contributed by atoms with Crippen LogP contribution < -0.4 is 10.6 Å². The van der Waals surface area contributed by atoms with Gasteiger partial charge in [-0.05, 0) is 43.8 Å². The van der Waals surface area contributed by atoms with Crippen LogP contribution in [0.25, 0.3) is 0 Å². The summed E-state index contributed by atoms with van der Waals surface area (Å²) in [5, 5.41) is 2.06. The molecule has 0 saturated heterocycles. The highest BCUT2D eigenvalue weighted by Gasteiger charge is 2.18. The Bertz CT molecular complexity index is 552. The van der Waals surface area contributed by atoms with E-state index >= 15 is 0 Å². The zero-order chi connectivity index (χ0) is 14.7. The van der Waals surface area contributed by atoms with Crippen LogP contribution in [0.3, 0.4) is 0 Å². The van der Waals surface area contributed by atoms with E-state index in [2.05, 4.69) is 23.3 Å². The number of thiophene rings is 1. The van der Waals surface area contributed by atoms with E-state index in [9.17, 15) is 4.39 Å². The third kappa shape index (κ3) is 3.19. The lowest BCUT2D eigenvalue weighted by atomic mass is 10.0. The molecule has 1 aromatic heterocycles. The van der Waals surface area contributed by atoms with Crippen molar-refractivity contribution in [3.63, 3.8) is 0 Å². The summed E-state index contributed by atoms with van der Waals surface area (Å²) >= 11 is 1.72. The van der Waals surface area contributed by atoms with Crippen LogP contribution in [0.1, 0.15) is 30.3 Å². The molecular weight excluding hydrogens is 271 g/mol. The zero-order valence-corrected chi connectivity index (χ0v) is 13.0. The standard InChI is InChI=1S/C16H21FN2S/c1-11(18)10-13-14(17)6-4-7-15(13)19(3)12(2)16-8-5-9-20-16/h4-9,11-12H,10,18H2,1-3H3. The van der Waals surface area contributed by atoms with Gasteiger partial charge in [-0.1, -0.05) is 12.1 Å². The van der Waals surface area contributed by atoms with Crippen LogP contribution in [-0.2, 0) is 6.42 Å². The number of nitrogens with zero attached hydrogens (tertiary/aromatic N) is 1. The van der Waals surface area contributed by atoms with E-state index in [1.807, 2.05) is 26.1 Å². The molecule has 2 nitrogen and oxygen atoms in total. The molecule has 0 amide bonds. The van der Waals surface area contributed by atoms with Crippen molar-refractivity contribution in [2.24, 2.45) is 5.73 Å². The predicted molar refractivity (Wildman–Crippen MR) is 84.9 cm³/mol. The van der Waals surface area contributed by atoms with Crippen molar-refractivity contribution in [2.75, 3.05) is 11.9 Å². The smallest absolute Gasteiger partial charge is 0.128 e. The first kappa shape index (κ1) is 15.0. The fourth-order valence-corrected chi connectivity index (χ4v) is 3.16. The molecule has 4 heteroatoms. The summed E-state index contributed by atoms with van der Waals surface area (Å²) in [6, 6.07) is 9.53. The van der Waals surface area contributed by atoms with Gasteiger partial charge in [-0.3, -0.25) is 0 Å². The van der Waals surface area contributed by atoms with Gasteiger partial charge < -0.3 is 10.6 Å². The van der Waals surface area contributed by atoms with Gasteiger partial charge in [0.15, 0.2) is 0 Å². The van der Waals surface area contributed by atoms with Gasteiger partial charge in [0.1, 0.15) is 5.82 Å². The number of hydrogen-bond donors (Lipinski definition) is 1. The molecule has 0 aliphatic heterocycles. The average molecular weight is 292 g/mol. The molecule has 2 atom stereocenters. The molecule has 1 heterocycles. The van der Waals surface area contributed by atoms with Crippen molar-refractivity contribution >= 4 is 17.0 Å². The quantitative estimate of drug-likeness (QED) is 0.903. The Labute approximate surface area is 124 Å². The third-order valence-electron chi connectivity index (χ3n) is 3.54. The topological polar surface area (TPSA) is 29.3 Å². The monoisotopic (exact) mass is 292 g/mol. The third-order valence-corrected chi connectivity index (χ3v) is 4.58. The largest absolute Gasteiger partial charge is 0.367 e. The first-order valence-electron chi connectivity index (χ1n) is 6.80. The van der Waals surface area contributed by atoms with E-state index in [0.29, 0.717) is 12.0 Å². The molecule has 0 aliphatic rings. The molecule has 108 valence electrons. The molecule has 0 aliphatic carbocycles. The highest BCUT2D eigenvalue weighted by Crippen LogP contribution is 2.31. The second kappa shape index (κ2) is 6.37. The van der Waals surface area contributed by atoms with Crippen LogP contribution >= 0.6 is 11.3 Å². The minimum absolute atomic E-state index is 0.0592. The van der Waals surface area contributed by atoms with Gasteiger partial charge in [0.2, 0.25) is 0 Å². The Kier molecular flexibility index (Phi) is 4.78. The Balaban J connectivity index is 2.34. The Morgan fingerprint density at radius 3 is 2.60 bits per heavy atom. The molecule has 2 rings (SSSR count). The molecule has 0 saturated carbocycles. The van der Waals surface area contributed by atoms with Crippen molar-refractivity contribution in [3.05, 3.63) is 52.0 Å². The van der Waals surface area contributed by atoms with E-state index in [-0.39, 0.29) is 17.9 Å². The lowest BCUT2D eigenvalue weighted by Gasteiger charge is -2.29. The van der Waals surface area contributed by atoms with Crippen molar-refractivity contribution < 1.29 is 4.39 Å². The number of rotatable bonds is 5. The molecule has 20 heavy (non-hydrogen) atoms. The second-order valence-electron chi connectivity index (χ2n) is 5.22. The van der Waals surface area contributed by atoms with Crippen molar-refractivity contribution in [3.8, 4) is 0 Å². The average Bonchev–Trinajstić information content (AvgIpc) is 2.93. The molecule has 2 N–H and O–H groups in total. The summed E-state index contributed by atoms with van der Waals surface area (Å²) in [5.41, 5.74) is 7.47. The van der Waals surface area contributed by atoms with Gasteiger partial charge in [0.25, 0.3) is 0 Å². The molecule has 2 aromatic rings. The minimum atomic E-state index is -0.176. The lowest BCUT2D eigenvalue weighted by Crippen LogP contribution is -2.25. The fraction of sp³-hybridized carbons (Fsp3) is 0.375. The summed E-state index contributed by atoms with van der Waals surface area (Å²) in [6.07, 6.45) is 0.545. The van der Waals surface area contributed by atoms with Gasteiger partial charge >= 0.3 is 0 Å². The number of nitrogens with two attached hydrogens (primary N) is 1. The number of halogens is 1. The SMILES string of the molecule is CC(N)Cc1c(F)cccc1N(C)C(C)c1cccs1. The van der Waals surface area contributed by atoms with Crippen LogP contribution in [0.15, 0.2) is 35.7 Å². The minimum Gasteiger partial charge on any atom is -0.367 e. The van der Waals surface area contributed by atoms with Gasteiger partial charge in [-0.25, -0.2) is 4.39 Å². The Morgan fingerprint density at radius 1 is 1.25 bits per heavy atom. The number of benzene rings is 1. The van der Waals surface area contributed by atoms with E-state index in [1.165, 1.54) is 10.9 Å². The van der Waals surface area contributed by atoms with E-state index in [4.69, 9.17) is 5.73 Å². The molecule has 0 fully saturated rings. The maximum atomic E-state index is 14.1. The van der Waals surface area contributed by atoms with Crippen molar-refractivity contribution in [1.82, 2.24) is 0 Å². The predicted octanol–water partition coefficient (Wildman–Crippen LogP) is 3.97. The normalized spacial score (nSPS) is 14.1. The summed E-state index contributed by atoms with van der Waals surface area (Å²) in [5.74, 6) is -0.176. The summed E-state index contributed by atoms with van der Waals surface area (Å²) < 4.78 is 14.1. The maximum Gasteiger partial charge on any atom is 0.128 e. The van der Waals surface area contributed by atoms with Gasteiger partial charge in [-0.15, -0.1) is 11.3 Å². The molecule has 0 bridgehead atoms. The first-order valence-corrected chi connectivity index (χ1v) is 7.68. The highest BCUT2D eigenvalue weighted by atomic mass is 32.1. The van der Waals surface area contributed by atoms with Gasteiger partial charge in [0.05, 0.1) is 6.04 Å². The summed E-state index contributed by atoms with van der Waals surface area (Å²) in [7, 11) is 2.00. The molecule has 0 radical (unpaired) electrons. The Hall–Kier alpha value is -1.39. The zero-order valence-electron chi connectivity index (χ0n) is 12.1. The summed E-state index contributed by atoms with van der Waals surface area (Å²) in [6.45, 7) is 4.03. The lowest BCUT2D eigenvalue weighted by molar-refractivity contribution is 0.593. The van der Waals surface area contributed by atoms with E-state index in [0.717, 1.165) is 5.69 Å². The number of hydrogen-bond acceptors (Lipinski definition) is 3. The highest BCUT2D eigenvalue weighted by molar-refractivity contribution is 7.10. The van der Waals surface area contributed by atoms with Crippen LogP contribution in [0.5, 0.6) is 0 Å². The van der Waals surface area contributed by atoms with Gasteiger partial charge in [-0.2, -0.15) is 0 Å². The second-order valence-corrected chi connectivity index (χ2v) is 6.20. The van der Waals surface area contributed by atoms with Crippen LogP contribution in [0.2, 0.25) is 0 Å². The summed E-state index contributed by atoms with van der Waals surface area (Å²) in [4.78, 5) is 3.38. The van der Waals surface area contributed by atoms with Gasteiger partial charge in [0, 0.05) is 29.2 Å². The van der Waals surface area contributed by atoms with E-state index in [1.54, 1.807) is 17.4 Å². The first-order chi connectivity index (χ1) is 9.50. The van der Waals surface area contributed by atoms with Crippen LogP contribution in [-0.4, -0.2) is 13.1 Å². The van der Waals surface area contributed by atoms with E-state index < -0.39 is 0 Å². The molecule has 0 spiro atoms. The van der Waals surface area contributed by atoms with Crippen molar-refractivity contribution in [1.29, 1.82) is 0 Å². The Morgan fingerprint density at radius 2 is 2.00 bits per heavy atom. The number of anilines is 1. The van der Waals surface area contributed by atoms with Crippen molar-refractivity contribution in [2.45, 2.75) is 32.4 Å². The van der Waals surface area contributed by atoms with Crippen LogP contribution in [0, 0.1) is 5.82 Å². The fourth-order valence-electron chi connectivity index (χ4n) is 2.33. The molecule has 1 aromatic carbocycles. The molecular formula is C16H21FN2S. The molecule has 2 unspecified atom stereocenters. The van der Waals surface area contributed by atoms with Crippen LogP contribution in [0.4, 0.5) is 10.1 Å².